The first-order valence-electron chi connectivity index (χ1n) is 12.2. The molecule has 178 valence electrons. The SMILES string of the molecule is COc1ccc(N2CCN(C[C@@H](O)CC=O)[C@@H](Cc3ccccc3)C2)cc1OC1CCCC1. The fourth-order valence-electron chi connectivity index (χ4n) is 5.04. The molecule has 1 heterocycles. The molecule has 1 saturated carbocycles. The minimum atomic E-state index is -0.625. The van der Waals surface area contributed by atoms with E-state index in [0.717, 1.165) is 62.4 Å². The Labute approximate surface area is 197 Å². The number of anilines is 1. The molecule has 0 bridgehead atoms. The second-order valence-electron chi connectivity index (χ2n) is 9.20. The predicted octanol–water partition coefficient (Wildman–Crippen LogP) is 3.70. The summed E-state index contributed by atoms with van der Waals surface area (Å²) < 4.78 is 11.9. The van der Waals surface area contributed by atoms with Crippen LogP contribution in [-0.2, 0) is 11.2 Å². The monoisotopic (exact) mass is 452 g/mol. The third kappa shape index (κ3) is 6.27. The summed E-state index contributed by atoms with van der Waals surface area (Å²) in [6.07, 6.45) is 6.19. The number of aliphatic hydroxyl groups is 1. The molecule has 2 aliphatic rings. The lowest BCUT2D eigenvalue weighted by atomic mass is 10.0. The van der Waals surface area contributed by atoms with Crippen LogP contribution in [0.25, 0.3) is 0 Å². The van der Waals surface area contributed by atoms with Gasteiger partial charge in [0.05, 0.1) is 19.3 Å². The van der Waals surface area contributed by atoms with E-state index in [4.69, 9.17) is 9.47 Å². The number of carbonyl (C=O) groups is 1. The molecule has 0 amide bonds. The lowest BCUT2D eigenvalue weighted by Gasteiger charge is -2.43. The van der Waals surface area contributed by atoms with E-state index in [-0.39, 0.29) is 18.6 Å². The van der Waals surface area contributed by atoms with Crippen LogP contribution in [0.2, 0.25) is 0 Å². The van der Waals surface area contributed by atoms with Crippen molar-refractivity contribution in [3.8, 4) is 11.5 Å². The normalized spacial score (nSPS) is 20.5. The minimum Gasteiger partial charge on any atom is -0.493 e. The molecule has 1 saturated heterocycles. The van der Waals surface area contributed by atoms with E-state index in [1.165, 1.54) is 18.4 Å². The Bertz CT molecular complexity index is 885. The van der Waals surface area contributed by atoms with Crippen LogP contribution >= 0.6 is 0 Å². The number of ether oxygens (including phenoxy) is 2. The van der Waals surface area contributed by atoms with Gasteiger partial charge in [-0.05, 0) is 49.8 Å². The molecule has 6 heteroatoms. The molecule has 2 atom stereocenters. The Morgan fingerprint density at radius 2 is 1.88 bits per heavy atom. The highest BCUT2D eigenvalue weighted by Gasteiger charge is 2.29. The van der Waals surface area contributed by atoms with E-state index in [9.17, 15) is 9.90 Å². The molecule has 4 rings (SSSR count). The van der Waals surface area contributed by atoms with E-state index in [1.54, 1.807) is 7.11 Å². The van der Waals surface area contributed by atoms with Crippen molar-refractivity contribution >= 4 is 12.0 Å². The van der Waals surface area contributed by atoms with Gasteiger partial charge in [0.2, 0.25) is 0 Å². The number of hydrogen-bond acceptors (Lipinski definition) is 6. The molecular weight excluding hydrogens is 416 g/mol. The van der Waals surface area contributed by atoms with Crippen LogP contribution < -0.4 is 14.4 Å². The first-order valence-corrected chi connectivity index (χ1v) is 12.2. The maximum absolute atomic E-state index is 10.9. The molecule has 6 nitrogen and oxygen atoms in total. The van der Waals surface area contributed by atoms with E-state index < -0.39 is 6.10 Å². The number of aldehydes is 1. The Morgan fingerprint density at radius 3 is 2.61 bits per heavy atom. The average molecular weight is 453 g/mol. The number of rotatable bonds is 10. The van der Waals surface area contributed by atoms with Gasteiger partial charge < -0.3 is 24.3 Å². The average Bonchev–Trinajstić information content (AvgIpc) is 3.34. The summed E-state index contributed by atoms with van der Waals surface area (Å²) in [5.74, 6) is 1.60. The molecule has 1 aliphatic carbocycles. The van der Waals surface area contributed by atoms with Gasteiger partial charge in [-0.3, -0.25) is 4.90 Å². The summed E-state index contributed by atoms with van der Waals surface area (Å²) in [5, 5.41) is 10.3. The van der Waals surface area contributed by atoms with Gasteiger partial charge >= 0.3 is 0 Å². The van der Waals surface area contributed by atoms with Crippen molar-refractivity contribution in [3.63, 3.8) is 0 Å². The molecule has 0 aromatic heterocycles. The van der Waals surface area contributed by atoms with Gasteiger partial charge in [0.1, 0.15) is 6.29 Å². The molecule has 0 spiro atoms. The smallest absolute Gasteiger partial charge is 0.163 e. The van der Waals surface area contributed by atoms with Gasteiger partial charge in [-0.1, -0.05) is 30.3 Å². The van der Waals surface area contributed by atoms with Gasteiger partial charge in [0.15, 0.2) is 11.5 Å². The van der Waals surface area contributed by atoms with Crippen molar-refractivity contribution in [2.24, 2.45) is 0 Å². The topological polar surface area (TPSA) is 62.2 Å². The number of aliphatic hydroxyl groups excluding tert-OH is 1. The third-order valence-corrected chi connectivity index (χ3v) is 6.84. The first-order chi connectivity index (χ1) is 16.2. The maximum Gasteiger partial charge on any atom is 0.163 e. The van der Waals surface area contributed by atoms with Gasteiger partial charge in [-0.15, -0.1) is 0 Å². The van der Waals surface area contributed by atoms with Crippen molar-refractivity contribution in [1.82, 2.24) is 4.90 Å². The minimum absolute atomic E-state index is 0.179. The number of β-amino-alcohol motifs (C(OH)–C–C–N with tert-alkyl or cyclic N) is 1. The number of carbonyl (C=O) groups excluding carboxylic acids is 1. The largest absolute Gasteiger partial charge is 0.493 e. The van der Waals surface area contributed by atoms with Crippen molar-refractivity contribution in [3.05, 3.63) is 54.1 Å². The van der Waals surface area contributed by atoms with Crippen LogP contribution in [0.3, 0.4) is 0 Å². The Balaban J connectivity index is 1.51. The Hall–Kier alpha value is -2.57. The van der Waals surface area contributed by atoms with Crippen LogP contribution in [0.15, 0.2) is 48.5 Å². The summed E-state index contributed by atoms with van der Waals surface area (Å²) in [7, 11) is 1.69. The number of hydrogen-bond donors (Lipinski definition) is 1. The van der Waals surface area contributed by atoms with Crippen molar-refractivity contribution in [2.45, 2.75) is 56.8 Å². The molecule has 33 heavy (non-hydrogen) atoms. The lowest BCUT2D eigenvalue weighted by Crippen LogP contribution is -2.55. The summed E-state index contributed by atoms with van der Waals surface area (Å²) in [4.78, 5) is 15.6. The highest BCUT2D eigenvalue weighted by molar-refractivity contribution is 5.57. The standard InChI is InChI=1S/C27H36N2O4/c1-32-26-12-11-22(18-27(26)33-25-9-5-6-10-25)28-14-15-29(20-24(31)13-16-30)23(19-28)17-21-7-3-2-4-8-21/h2-4,7-8,11-12,16,18,23-25,31H,5-6,9-10,13-15,17,19-20H2,1H3/t23-,24-/m0/s1. The zero-order valence-electron chi connectivity index (χ0n) is 19.6. The molecule has 2 fully saturated rings. The number of nitrogens with zero attached hydrogens (tertiary/aromatic N) is 2. The summed E-state index contributed by atoms with van der Waals surface area (Å²) in [6.45, 7) is 3.05. The van der Waals surface area contributed by atoms with E-state index in [0.29, 0.717) is 6.54 Å². The molecule has 2 aromatic carbocycles. The summed E-state index contributed by atoms with van der Waals surface area (Å²) >= 11 is 0. The zero-order chi connectivity index (χ0) is 23.0. The lowest BCUT2D eigenvalue weighted by molar-refractivity contribution is -0.109. The van der Waals surface area contributed by atoms with Crippen LogP contribution in [0, 0.1) is 0 Å². The predicted molar refractivity (Wildman–Crippen MR) is 130 cm³/mol. The molecule has 1 N–H and O–H groups in total. The highest BCUT2D eigenvalue weighted by Crippen LogP contribution is 2.35. The number of methoxy groups -OCH3 is 1. The van der Waals surface area contributed by atoms with Gasteiger partial charge in [-0.25, -0.2) is 0 Å². The van der Waals surface area contributed by atoms with Crippen molar-refractivity contribution in [2.75, 3.05) is 38.2 Å². The molecule has 0 radical (unpaired) electrons. The maximum atomic E-state index is 10.9. The highest BCUT2D eigenvalue weighted by atomic mass is 16.5. The third-order valence-electron chi connectivity index (χ3n) is 6.84. The fourth-order valence-corrected chi connectivity index (χ4v) is 5.04. The van der Waals surface area contributed by atoms with Gasteiger partial charge in [0.25, 0.3) is 0 Å². The Kier molecular flexibility index (Phi) is 8.24. The second kappa shape index (κ2) is 11.5. The molecule has 1 aliphatic heterocycles. The van der Waals surface area contributed by atoms with Crippen LogP contribution in [0.1, 0.15) is 37.7 Å². The van der Waals surface area contributed by atoms with E-state index in [2.05, 4.69) is 46.2 Å². The quantitative estimate of drug-likeness (QED) is 0.555. The Morgan fingerprint density at radius 1 is 1.09 bits per heavy atom. The van der Waals surface area contributed by atoms with Gasteiger partial charge in [-0.2, -0.15) is 0 Å². The summed E-state index contributed by atoms with van der Waals surface area (Å²) in [6, 6.07) is 16.9. The fraction of sp³-hybridized carbons (Fsp3) is 0.519. The van der Waals surface area contributed by atoms with E-state index >= 15 is 0 Å². The van der Waals surface area contributed by atoms with Gasteiger partial charge in [0, 0.05) is 50.4 Å². The molecular formula is C27H36N2O4. The zero-order valence-corrected chi connectivity index (χ0v) is 19.6. The molecule has 0 unspecified atom stereocenters. The van der Waals surface area contributed by atoms with E-state index in [1.807, 2.05) is 12.1 Å². The number of benzene rings is 2. The molecule has 2 aromatic rings. The van der Waals surface area contributed by atoms with Crippen LogP contribution in [0.5, 0.6) is 11.5 Å². The van der Waals surface area contributed by atoms with Crippen molar-refractivity contribution in [1.29, 1.82) is 0 Å². The second-order valence-corrected chi connectivity index (χ2v) is 9.20. The van der Waals surface area contributed by atoms with Crippen LogP contribution in [0.4, 0.5) is 5.69 Å². The number of piperazine rings is 1. The van der Waals surface area contributed by atoms with Crippen molar-refractivity contribution < 1.29 is 19.4 Å². The first kappa shape index (κ1) is 23.6. The van der Waals surface area contributed by atoms with Crippen LogP contribution in [-0.4, -0.2) is 67.8 Å². The summed E-state index contributed by atoms with van der Waals surface area (Å²) in [5.41, 5.74) is 2.41.